The molecule has 1 aliphatic rings. The molecule has 1 aromatic carbocycles. The van der Waals surface area contributed by atoms with Crippen LogP contribution in [-0.2, 0) is 38.6 Å². The number of esters is 2. The summed E-state index contributed by atoms with van der Waals surface area (Å²) in [7, 11) is 0. The number of carbonyl (C=O) groups excluding carboxylic acids is 4. The summed E-state index contributed by atoms with van der Waals surface area (Å²) in [5.41, 5.74) is 2.64. The number of hydrogen-bond acceptors (Lipinski definition) is 8. The summed E-state index contributed by atoms with van der Waals surface area (Å²) in [5.74, 6) is -2.18. The normalized spacial score (nSPS) is 12.4. The molecule has 210 valence electrons. The van der Waals surface area contributed by atoms with E-state index in [0.29, 0.717) is 25.2 Å². The molecule has 41 heavy (non-hydrogen) atoms. The van der Waals surface area contributed by atoms with Gasteiger partial charge in [-0.3, -0.25) is 9.59 Å². The number of carbonyl (C=O) groups is 4. The molecular weight excluding hydrogens is 526 g/mol. The van der Waals surface area contributed by atoms with Crippen molar-refractivity contribution in [3.05, 3.63) is 94.6 Å². The van der Waals surface area contributed by atoms with Crippen molar-refractivity contribution in [2.45, 2.75) is 33.4 Å². The largest absolute Gasteiger partial charge is 0.463 e. The fourth-order valence-corrected chi connectivity index (χ4v) is 4.43. The number of anilines is 1. The van der Waals surface area contributed by atoms with Gasteiger partial charge >= 0.3 is 11.9 Å². The van der Waals surface area contributed by atoms with Gasteiger partial charge in [0, 0.05) is 50.1 Å². The lowest BCUT2D eigenvalue weighted by Gasteiger charge is -2.27. The van der Waals surface area contributed by atoms with Gasteiger partial charge in [-0.1, -0.05) is 36.4 Å². The Morgan fingerprint density at radius 3 is 2.51 bits per heavy atom. The molecule has 4 rings (SSSR count). The maximum Gasteiger partial charge on any atom is 0.357 e. The minimum absolute atomic E-state index is 0.0524. The topological polar surface area (TPSA) is 144 Å². The lowest BCUT2D eigenvalue weighted by molar-refractivity contribution is -0.137. The minimum atomic E-state index is -0.666. The van der Waals surface area contributed by atoms with Crippen LogP contribution in [0.15, 0.2) is 60.8 Å². The third-order valence-electron chi connectivity index (χ3n) is 6.34. The Morgan fingerprint density at radius 2 is 1.80 bits per heavy atom. The average molecular weight is 556 g/mol. The highest BCUT2D eigenvalue weighted by molar-refractivity contribution is 6.08. The molecule has 0 saturated carbocycles. The van der Waals surface area contributed by atoms with Crippen molar-refractivity contribution in [1.29, 1.82) is 5.26 Å². The Hall–Kier alpha value is -5.24. The van der Waals surface area contributed by atoms with Crippen LogP contribution in [0.3, 0.4) is 0 Å². The molecule has 0 unspecified atom stereocenters. The molecule has 0 aliphatic carbocycles. The van der Waals surface area contributed by atoms with E-state index in [2.05, 4.69) is 10.3 Å². The van der Waals surface area contributed by atoms with Crippen LogP contribution >= 0.6 is 0 Å². The Morgan fingerprint density at radius 1 is 1.05 bits per heavy atom. The molecule has 11 nitrogen and oxygen atoms in total. The van der Waals surface area contributed by atoms with Crippen molar-refractivity contribution < 1.29 is 28.7 Å². The minimum Gasteiger partial charge on any atom is -0.463 e. The van der Waals surface area contributed by atoms with Crippen molar-refractivity contribution in [2.75, 3.05) is 25.1 Å². The van der Waals surface area contributed by atoms with Gasteiger partial charge in [-0.15, -0.1) is 0 Å². The quantitative estimate of drug-likeness (QED) is 0.313. The maximum atomic E-state index is 13.3. The van der Waals surface area contributed by atoms with Crippen LogP contribution in [0, 0.1) is 11.3 Å². The maximum absolute atomic E-state index is 13.3. The SMILES string of the molecule is CCOC(=O)/C=C/C(=O)N1CCc2nc(C(=O)Nc3c(C#N)cn(Cc4ccccc4)c3C(=O)OCC)ccc2C1. The summed E-state index contributed by atoms with van der Waals surface area (Å²) < 4.78 is 11.6. The summed E-state index contributed by atoms with van der Waals surface area (Å²) in [5, 5.41) is 12.5. The number of benzene rings is 1. The summed E-state index contributed by atoms with van der Waals surface area (Å²) >= 11 is 0. The number of ether oxygens (including phenoxy) is 2. The van der Waals surface area contributed by atoms with E-state index >= 15 is 0 Å². The summed E-state index contributed by atoms with van der Waals surface area (Å²) in [4.78, 5) is 56.3. The van der Waals surface area contributed by atoms with E-state index in [0.717, 1.165) is 17.2 Å². The van der Waals surface area contributed by atoms with Crippen molar-refractivity contribution in [1.82, 2.24) is 14.5 Å². The van der Waals surface area contributed by atoms with E-state index in [-0.39, 0.29) is 48.3 Å². The molecule has 11 heteroatoms. The van der Waals surface area contributed by atoms with E-state index in [1.165, 1.54) is 18.3 Å². The van der Waals surface area contributed by atoms with Crippen molar-refractivity contribution in [2.24, 2.45) is 0 Å². The van der Waals surface area contributed by atoms with Gasteiger partial charge < -0.3 is 24.3 Å². The second-order valence-electron chi connectivity index (χ2n) is 9.06. The lowest BCUT2D eigenvalue weighted by Crippen LogP contribution is -2.35. The molecule has 0 radical (unpaired) electrons. The average Bonchev–Trinajstić information content (AvgIpc) is 3.32. The molecule has 2 amide bonds. The molecule has 0 fully saturated rings. The second-order valence-corrected chi connectivity index (χ2v) is 9.06. The number of nitriles is 1. The predicted molar refractivity (Wildman–Crippen MR) is 148 cm³/mol. The van der Waals surface area contributed by atoms with Crippen LogP contribution in [0.5, 0.6) is 0 Å². The number of nitrogens with zero attached hydrogens (tertiary/aromatic N) is 4. The molecule has 0 spiro atoms. The van der Waals surface area contributed by atoms with Gasteiger partial charge in [0.25, 0.3) is 5.91 Å². The van der Waals surface area contributed by atoms with Crippen LogP contribution in [-0.4, -0.2) is 58.0 Å². The molecule has 0 saturated heterocycles. The fourth-order valence-electron chi connectivity index (χ4n) is 4.43. The third kappa shape index (κ3) is 6.86. The third-order valence-corrected chi connectivity index (χ3v) is 6.34. The molecule has 1 aliphatic heterocycles. The first-order valence-corrected chi connectivity index (χ1v) is 13.1. The highest BCUT2D eigenvalue weighted by Gasteiger charge is 2.27. The van der Waals surface area contributed by atoms with Crippen LogP contribution in [0.1, 0.15) is 57.2 Å². The zero-order valence-corrected chi connectivity index (χ0v) is 22.8. The lowest BCUT2D eigenvalue weighted by atomic mass is 10.0. The Kier molecular flexibility index (Phi) is 9.27. The summed E-state index contributed by atoms with van der Waals surface area (Å²) in [6.45, 7) is 4.61. The standard InChI is InChI=1S/C30H29N5O6/c1-3-40-26(37)13-12-25(36)34-15-14-23-21(18-34)10-11-24(32-23)29(38)33-27-22(16-31)19-35(28(27)30(39)41-4-2)17-20-8-6-5-7-9-20/h5-13,19H,3-4,14-15,17-18H2,1-2H3,(H,33,38)/b13-12+. The van der Waals surface area contributed by atoms with Crippen molar-refractivity contribution >= 4 is 29.4 Å². The monoisotopic (exact) mass is 555 g/mol. The van der Waals surface area contributed by atoms with Crippen LogP contribution in [0.25, 0.3) is 0 Å². The number of aromatic nitrogens is 2. The Labute approximate surface area is 237 Å². The van der Waals surface area contributed by atoms with Gasteiger partial charge in [0.05, 0.1) is 24.5 Å². The van der Waals surface area contributed by atoms with Crippen LogP contribution < -0.4 is 5.32 Å². The number of nitrogens with one attached hydrogen (secondary N) is 1. The van der Waals surface area contributed by atoms with Gasteiger partial charge in [0.2, 0.25) is 5.91 Å². The van der Waals surface area contributed by atoms with E-state index in [4.69, 9.17) is 9.47 Å². The molecule has 3 aromatic rings. The van der Waals surface area contributed by atoms with E-state index in [1.54, 1.807) is 29.4 Å². The molecule has 3 heterocycles. The van der Waals surface area contributed by atoms with Crippen molar-refractivity contribution in [3.63, 3.8) is 0 Å². The first-order valence-electron chi connectivity index (χ1n) is 13.1. The van der Waals surface area contributed by atoms with Crippen LogP contribution in [0.4, 0.5) is 5.69 Å². The fraction of sp³-hybridized carbons (Fsp3) is 0.267. The van der Waals surface area contributed by atoms with Crippen molar-refractivity contribution in [3.8, 4) is 6.07 Å². The van der Waals surface area contributed by atoms with Gasteiger partial charge in [0.1, 0.15) is 11.8 Å². The predicted octanol–water partition coefficient (Wildman–Crippen LogP) is 3.24. The highest BCUT2D eigenvalue weighted by Crippen LogP contribution is 2.27. The molecular formula is C30H29N5O6. The first kappa shape index (κ1) is 28.8. The summed E-state index contributed by atoms with van der Waals surface area (Å²) in [6.07, 6.45) is 4.19. The molecule has 0 atom stereocenters. The van der Waals surface area contributed by atoms with E-state index in [9.17, 15) is 24.4 Å². The number of pyridine rings is 1. The first-order chi connectivity index (χ1) is 19.8. The number of amides is 2. The molecule has 0 bridgehead atoms. The highest BCUT2D eigenvalue weighted by atomic mass is 16.5. The van der Waals surface area contributed by atoms with E-state index in [1.807, 2.05) is 36.4 Å². The van der Waals surface area contributed by atoms with E-state index < -0.39 is 17.8 Å². The Bertz CT molecular complexity index is 1540. The second kappa shape index (κ2) is 13.2. The van der Waals surface area contributed by atoms with Gasteiger partial charge in [-0.2, -0.15) is 5.26 Å². The molecule has 1 N–H and O–H groups in total. The zero-order valence-electron chi connectivity index (χ0n) is 22.8. The summed E-state index contributed by atoms with van der Waals surface area (Å²) in [6, 6.07) is 14.7. The number of fused-ring (bicyclic) bond motifs is 1. The molecule has 2 aromatic heterocycles. The van der Waals surface area contributed by atoms with Gasteiger partial charge in [-0.25, -0.2) is 14.6 Å². The van der Waals surface area contributed by atoms with Gasteiger partial charge in [-0.05, 0) is 31.0 Å². The Balaban J connectivity index is 1.54. The zero-order chi connectivity index (χ0) is 29.4. The number of hydrogen-bond donors (Lipinski definition) is 1. The van der Waals surface area contributed by atoms with Gasteiger partial charge in [0.15, 0.2) is 5.69 Å². The smallest absolute Gasteiger partial charge is 0.357 e. The number of rotatable bonds is 9. The van der Waals surface area contributed by atoms with Crippen LogP contribution in [0.2, 0.25) is 0 Å².